The lowest BCUT2D eigenvalue weighted by atomic mass is 9.86. The summed E-state index contributed by atoms with van der Waals surface area (Å²) < 4.78 is 0. The molecule has 32 heavy (non-hydrogen) atoms. The van der Waals surface area contributed by atoms with Gasteiger partial charge in [0.2, 0.25) is 5.95 Å². The van der Waals surface area contributed by atoms with Gasteiger partial charge >= 0.3 is 0 Å². The van der Waals surface area contributed by atoms with E-state index >= 15 is 0 Å². The number of hydrogen-bond acceptors (Lipinski definition) is 5. The maximum atomic E-state index is 4.91. The SMILES string of the molecule is CN(C)c1nc(N[C@H]2CC[C@@H](CNCc3c[nH]c4ccccc34)CC2)nc2c1CCCC2. The van der Waals surface area contributed by atoms with Crippen LogP contribution in [0.3, 0.4) is 0 Å². The van der Waals surface area contributed by atoms with Gasteiger partial charge in [-0.1, -0.05) is 18.2 Å². The van der Waals surface area contributed by atoms with Gasteiger partial charge in [0.25, 0.3) is 0 Å². The highest BCUT2D eigenvalue weighted by molar-refractivity contribution is 5.82. The number of nitrogens with one attached hydrogen (secondary N) is 3. The zero-order valence-electron chi connectivity index (χ0n) is 19.5. The number of aryl methyl sites for hydroxylation is 1. The molecule has 3 N–H and O–H groups in total. The van der Waals surface area contributed by atoms with Crippen LogP contribution in [0.2, 0.25) is 0 Å². The molecular weight excluding hydrogens is 396 g/mol. The van der Waals surface area contributed by atoms with Crippen LogP contribution in [0.15, 0.2) is 30.5 Å². The standard InChI is InChI=1S/C26H36N6/c1-32(2)25-22-8-4-6-10-24(22)30-26(31-25)29-20-13-11-18(12-14-20)15-27-16-19-17-28-23-9-5-3-7-21(19)23/h3,5,7,9,17-18,20,27-28H,4,6,8,10-16H2,1-2H3,(H,29,30,31)/t18-,20+. The first-order valence-corrected chi connectivity index (χ1v) is 12.3. The predicted octanol–water partition coefficient (Wildman–Crippen LogP) is 4.66. The molecule has 0 amide bonds. The van der Waals surface area contributed by atoms with E-state index in [1.54, 1.807) is 0 Å². The van der Waals surface area contributed by atoms with Gasteiger partial charge in [0.05, 0.1) is 5.69 Å². The van der Waals surface area contributed by atoms with Gasteiger partial charge in [0.1, 0.15) is 5.82 Å². The lowest BCUT2D eigenvalue weighted by Crippen LogP contribution is -2.32. The number of hydrogen-bond donors (Lipinski definition) is 3. The van der Waals surface area contributed by atoms with E-state index in [-0.39, 0.29) is 0 Å². The van der Waals surface area contributed by atoms with Crippen molar-refractivity contribution in [1.29, 1.82) is 0 Å². The summed E-state index contributed by atoms with van der Waals surface area (Å²) >= 11 is 0. The Morgan fingerprint density at radius 3 is 2.69 bits per heavy atom. The largest absolute Gasteiger partial charge is 0.362 e. The summed E-state index contributed by atoms with van der Waals surface area (Å²) in [5.41, 5.74) is 5.19. The number of aromatic nitrogens is 3. The predicted molar refractivity (Wildman–Crippen MR) is 132 cm³/mol. The van der Waals surface area contributed by atoms with Crippen molar-refractivity contribution in [3.8, 4) is 0 Å². The van der Waals surface area contributed by atoms with Crippen LogP contribution < -0.4 is 15.5 Å². The highest BCUT2D eigenvalue weighted by Crippen LogP contribution is 2.30. The second-order valence-electron chi connectivity index (χ2n) is 9.75. The molecule has 2 heterocycles. The molecule has 0 unspecified atom stereocenters. The van der Waals surface area contributed by atoms with Crippen molar-refractivity contribution >= 4 is 22.7 Å². The van der Waals surface area contributed by atoms with Crippen LogP contribution in [0, 0.1) is 5.92 Å². The number of H-pyrrole nitrogens is 1. The molecule has 2 aromatic heterocycles. The maximum absolute atomic E-state index is 4.91. The Kier molecular flexibility index (Phi) is 6.30. The Morgan fingerprint density at radius 2 is 1.84 bits per heavy atom. The maximum Gasteiger partial charge on any atom is 0.225 e. The molecule has 1 saturated carbocycles. The van der Waals surface area contributed by atoms with Crippen LogP contribution in [0.4, 0.5) is 11.8 Å². The molecule has 3 aromatic rings. The minimum Gasteiger partial charge on any atom is -0.362 e. The van der Waals surface area contributed by atoms with Crippen molar-refractivity contribution in [2.24, 2.45) is 5.92 Å². The first kappa shape index (κ1) is 21.3. The number of rotatable bonds is 7. The summed E-state index contributed by atoms with van der Waals surface area (Å²) in [6.45, 7) is 2.02. The fourth-order valence-electron chi connectivity index (χ4n) is 5.39. The molecule has 0 spiro atoms. The number of aromatic amines is 1. The van der Waals surface area contributed by atoms with Crippen molar-refractivity contribution in [1.82, 2.24) is 20.3 Å². The zero-order chi connectivity index (χ0) is 21.9. The lowest BCUT2D eigenvalue weighted by Gasteiger charge is -2.30. The molecule has 170 valence electrons. The molecule has 1 fully saturated rings. The molecule has 0 saturated heterocycles. The molecule has 0 atom stereocenters. The van der Waals surface area contributed by atoms with Crippen molar-refractivity contribution < 1.29 is 0 Å². The second-order valence-corrected chi connectivity index (χ2v) is 9.75. The minimum atomic E-state index is 0.483. The number of benzene rings is 1. The summed E-state index contributed by atoms with van der Waals surface area (Å²) in [6, 6.07) is 9.02. The molecule has 0 bridgehead atoms. The Bertz CT molecular complexity index is 1050. The minimum absolute atomic E-state index is 0.483. The molecule has 6 nitrogen and oxygen atoms in total. The Balaban J connectivity index is 1.12. The van der Waals surface area contributed by atoms with Crippen LogP contribution in [0.1, 0.15) is 55.3 Å². The Hall–Kier alpha value is -2.60. The van der Waals surface area contributed by atoms with Gasteiger partial charge < -0.3 is 20.5 Å². The molecular formula is C26H36N6. The van der Waals surface area contributed by atoms with Gasteiger partial charge in [-0.3, -0.25) is 0 Å². The molecule has 0 radical (unpaired) electrons. The average Bonchev–Trinajstić information content (AvgIpc) is 3.23. The van der Waals surface area contributed by atoms with E-state index in [0.717, 1.165) is 43.6 Å². The third kappa shape index (κ3) is 4.60. The van der Waals surface area contributed by atoms with E-state index < -0.39 is 0 Å². The van der Waals surface area contributed by atoms with E-state index in [1.165, 1.54) is 66.2 Å². The smallest absolute Gasteiger partial charge is 0.225 e. The number of nitrogens with zero attached hydrogens (tertiary/aromatic N) is 3. The monoisotopic (exact) mass is 432 g/mol. The highest BCUT2D eigenvalue weighted by Gasteiger charge is 2.24. The van der Waals surface area contributed by atoms with Crippen molar-refractivity contribution in [2.75, 3.05) is 30.9 Å². The zero-order valence-corrected chi connectivity index (χ0v) is 19.5. The Morgan fingerprint density at radius 1 is 1.03 bits per heavy atom. The second kappa shape index (κ2) is 9.49. The normalized spacial score (nSPS) is 20.8. The van der Waals surface area contributed by atoms with Gasteiger partial charge in [-0.25, -0.2) is 4.98 Å². The van der Waals surface area contributed by atoms with Crippen molar-refractivity contribution in [3.63, 3.8) is 0 Å². The number of fused-ring (bicyclic) bond motifs is 2. The average molecular weight is 433 g/mol. The van der Waals surface area contributed by atoms with Crippen molar-refractivity contribution in [3.05, 3.63) is 47.3 Å². The topological polar surface area (TPSA) is 68.9 Å². The van der Waals surface area contributed by atoms with Crippen LogP contribution in [0.25, 0.3) is 10.9 Å². The van der Waals surface area contributed by atoms with Crippen LogP contribution in [-0.2, 0) is 19.4 Å². The van der Waals surface area contributed by atoms with E-state index in [1.807, 2.05) is 0 Å². The quantitative estimate of drug-likeness (QED) is 0.506. The Labute approximate surface area is 191 Å². The van der Waals surface area contributed by atoms with E-state index in [4.69, 9.17) is 9.97 Å². The van der Waals surface area contributed by atoms with Gasteiger partial charge in [0.15, 0.2) is 0 Å². The van der Waals surface area contributed by atoms with E-state index in [9.17, 15) is 0 Å². The van der Waals surface area contributed by atoms with Gasteiger partial charge in [-0.05, 0) is 75.5 Å². The van der Waals surface area contributed by atoms with Gasteiger partial charge in [-0.2, -0.15) is 4.98 Å². The molecule has 5 rings (SSSR count). The molecule has 1 aromatic carbocycles. The summed E-state index contributed by atoms with van der Waals surface area (Å²) in [4.78, 5) is 15.3. The number of para-hydroxylation sites is 1. The number of anilines is 2. The molecule has 2 aliphatic rings. The first-order valence-electron chi connectivity index (χ1n) is 12.3. The summed E-state index contributed by atoms with van der Waals surface area (Å²) in [7, 11) is 4.19. The summed E-state index contributed by atoms with van der Waals surface area (Å²) in [5, 5.41) is 8.70. The summed E-state index contributed by atoms with van der Waals surface area (Å²) in [5.74, 6) is 2.68. The van der Waals surface area contributed by atoms with E-state index in [2.05, 4.69) is 65.1 Å². The van der Waals surface area contributed by atoms with Crippen LogP contribution in [0.5, 0.6) is 0 Å². The van der Waals surface area contributed by atoms with Crippen LogP contribution in [-0.4, -0.2) is 41.6 Å². The molecule has 6 heteroatoms. The highest BCUT2D eigenvalue weighted by atomic mass is 15.2. The lowest BCUT2D eigenvalue weighted by molar-refractivity contribution is 0.324. The fraction of sp³-hybridized carbons (Fsp3) is 0.538. The molecule has 2 aliphatic carbocycles. The fourth-order valence-corrected chi connectivity index (χ4v) is 5.39. The first-order chi connectivity index (χ1) is 15.7. The van der Waals surface area contributed by atoms with Crippen LogP contribution >= 0.6 is 0 Å². The summed E-state index contributed by atoms with van der Waals surface area (Å²) in [6.07, 6.45) is 11.7. The van der Waals surface area contributed by atoms with E-state index in [0.29, 0.717) is 6.04 Å². The van der Waals surface area contributed by atoms with Gasteiger partial charge in [-0.15, -0.1) is 0 Å². The third-order valence-electron chi connectivity index (χ3n) is 7.19. The molecule has 0 aliphatic heterocycles. The third-order valence-corrected chi connectivity index (χ3v) is 7.19. The van der Waals surface area contributed by atoms with Crippen molar-refractivity contribution in [2.45, 2.75) is 64.0 Å². The van der Waals surface area contributed by atoms with Gasteiger partial charge in [0, 0.05) is 49.3 Å².